The summed E-state index contributed by atoms with van der Waals surface area (Å²) in [7, 11) is -0.876. The minimum atomic E-state index is -2.54. The van der Waals surface area contributed by atoms with E-state index in [1.807, 2.05) is 36.4 Å². The molecule has 3 saturated heterocycles. The van der Waals surface area contributed by atoms with Crippen LogP contribution < -0.4 is 30.9 Å². The topological polar surface area (TPSA) is 152 Å². The van der Waals surface area contributed by atoms with Gasteiger partial charge in [0.1, 0.15) is 24.0 Å². The number of anilines is 5. The number of nitrogens with one attached hydrogen (secondary N) is 3. The molecule has 3 aromatic carbocycles. The van der Waals surface area contributed by atoms with E-state index in [0.29, 0.717) is 51.8 Å². The molecule has 1 atom stereocenters. The third-order valence-corrected chi connectivity index (χ3v) is 15.6. The highest BCUT2D eigenvalue weighted by atomic mass is 35.5. The summed E-state index contributed by atoms with van der Waals surface area (Å²) >= 11 is 6.50. The van der Waals surface area contributed by atoms with E-state index in [-0.39, 0.29) is 24.8 Å². The van der Waals surface area contributed by atoms with Gasteiger partial charge in [-0.3, -0.25) is 24.6 Å². The first kappa shape index (κ1) is 49.5. The van der Waals surface area contributed by atoms with Crippen molar-refractivity contribution in [2.45, 2.75) is 89.3 Å². The number of ether oxygens (including phenoxy) is 1. The maximum Gasteiger partial charge on any atom is 0.255 e. The smallest absolute Gasteiger partial charge is 0.255 e. The average molecular weight is 973 g/mol. The summed E-state index contributed by atoms with van der Waals surface area (Å²) in [5, 5.41) is 9.99. The number of rotatable bonds is 17. The lowest BCUT2D eigenvalue weighted by atomic mass is 9.99. The third kappa shape index (κ3) is 12.3. The van der Waals surface area contributed by atoms with Crippen molar-refractivity contribution in [2.24, 2.45) is 0 Å². The van der Waals surface area contributed by atoms with E-state index in [9.17, 15) is 18.9 Å². The van der Waals surface area contributed by atoms with E-state index >= 15 is 0 Å². The van der Waals surface area contributed by atoms with Crippen molar-refractivity contribution in [3.05, 3.63) is 88.1 Å². The average Bonchev–Trinajstić information content (AvgIpc) is 3.68. The minimum Gasteiger partial charge on any atom is -0.494 e. The molecule has 69 heavy (non-hydrogen) atoms. The lowest BCUT2D eigenvalue weighted by Gasteiger charge is -2.43. The lowest BCUT2D eigenvalue weighted by molar-refractivity contribution is -0.136. The second-order valence-corrected chi connectivity index (χ2v) is 22.3. The normalized spacial score (nSPS) is 18.0. The number of hydrogen-bond acceptors (Lipinski definition) is 12. The second kappa shape index (κ2) is 22.7. The standard InChI is InChI=1S/C53H63ClN9O5P/c1-5-37-32-38(42-36-63(52(66)41(42)33-37)46-21-22-49(64)58-51(46)65)16-12-10-8-6-7-9-11-15-25-60-28-30-62(31-29-60)39-23-26-61(27-24-39)40-19-20-44(47(34-40)68-2)57-53-55-35-43(54)50(59-53)56-45-17-13-14-18-48(45)69(3,4)67/h1,13-14,17-20,32-35,39,46H,6-11,15,21-31,36H2,2-4H3,(H,58,64,65)(H2,55,56,57,59). The van der Waals surface area contributed by atoms with Gasteiger partial charge >= 0.3 is 0 Å². The quantitative estimate of drug-likeness (QED) is 0.0407. The minimum absolute atomic E-state index is 0.212. The van der Waals surface area contributed by atoms with Crippen molar-refractivity contribution < 1.29 is 23.7 Å². The van der Waals surface area contributed by atoms with Crippen molar-refractivity contribution in [2.75, 3.05) is 81.8 Å². The highest BCUT2D eigenvalue weighted by Gasteiger charge is 2.40. The number of methoxy groups -OCH3 is 1. The maximum atomic E-state index is 13.3. The van der Waals surface area contributed by atoms with Gasteiger partial charge in [-0.1, -0.05) is 67.2 Å². The highest BCUT2D eigenvalue weighted by Crippen LogP contribution is 2.39. The lowest BCUT2D eigenvalue weighted by Crippen LogP contribution is -2.53. The number of fused-ring (bicyclic) bond motifs is 1. The number of halogens is 1. The number of terminal acetylenes is 1. The molecule has 14 nitrogen and oxygen atoms in total. The van der Waals surface area contributed by atoms with E-state index in [0.717, 1.165) is 106 Å². The Bertz CT molecular complexity index is 2690. The molecule has 3 amide bonds. The van der Waals surface area contributed by atoms with Crippen LogP contribution in [0.5, 0.6) is 5.75 Å². The van der Waals surface area contributed by atoms with Gasteiger partial charge in [-0.05, 0) is 93.9 Å². The zero-order chi connectivity index (χ0) is 48.5. The highest BCUT2D eigenvalue weighted by molar-refractivity contribution is 7.70. The van der Waals surface area contributed by atoms with E-state index in [1.165, 1.54) is 25.7 Å². The zero-order valence-corrected chi connectivity index (χ0v) is 41.6. The van der Waals surface area contributed by atoms with Crippen LogP contribution in [0.1, 0.15) is 97.7 Å². The summed E-state index contributed by atoms with van der Waals surface area (Å²) in [4.78, 5) is 55.9. The van der Waals surface area contributed by atoms with Crippen LogP contribution in [0.4, 0.5) is 28.8 Å². The fraction of sp³-hybridized carbons (Fsp3) is 0.453. The van der Waals surface area contributed by atoms with Crippen molar-refractivity contribution >= 4 is 70.6 Å². The van der Waals surface area contributed by atoms with E-state index in [2.05, 4.69) is 70.5 Å². The fourth-order valence-electron chi connectivity index (χ4n) is 9.90. The Morgan fingerprint density at radius 3 is 2.39 bits per heavy atom. The van der Waals surface area contributed by atoms with Gasteiger partial charge in [0.05, 0.1) is 24.7 Å². The predicted octanol–water partition coefficient (Wildman–Crippen LogP) is 7.98. The molecule has 0 saturated carbocycles. The van der Waals surface area contributed by atoms with Crippen LogP contribution in [0.25, 0.3) is 0 Å². The summed E-state index contributed by atoms with van der Waals surface area (Å²) in [6, 6.07) is 17.2. The molecule has 3 fully saturated rings. The number of piperidine rings is 2. The van der Waals surface area contributed by atoms with Gasteiger partial charge in [0.15, 0.2) is 5.82 Å². The van der Waals surface area contributed by atoms with E-state index in [1.54, 1.807) is 37.6 Å². The monoisotopic (exact) mass is 971 g/mol. The molecule has 3 N–H and O–H groups in total. The number of amides is 3. The van der Waals surface area contributed by atoms with Crippen LogP contribution in [0, 0.1) is 24.2 Å². The van der Waals surface area contributed by atoms with Crippen LogP contribution in [0.3, 0.4) is 0 Å². The second-order valence-electron chi connectivity index (χ2n) is 18.8. The first-order chi connectivity index (χ1) is 33.4. The number of para-hydroxylation sites is 1. The van der Waals surface area contributed by atoms with Crippen LogP contribution >= 0.6 is 18.7 Å². The number of carbonyl (C=O) groups excluding carboxylic acids is 3. The van der Waals surface area contributed by atoms with Gasteiger partial charge in [0.2, 0.25) is 17.8 Å². The third-order valence-electron chi connectivity index (χ3n) is 13.7. The molecule has 0 aliphatic carbocycles. The largest absolute Gasteiger partial charge is 0.494 e. The van der Waals surface area contributed by atoms with Gasteiger partial charge in [0, 0.05) is 98.4 Å². The first-order valence-electron chi connectivity index (χ1n) is 24.3. The van der Waals surface area contributed by atoms with Crippen LogP contribution in [0.15, 0.2) is 60.8 Å². The van der Waals surface area contributed by atoms with Crippen molar-refractivity contribution in [1.82, 2.24) is 30.0 Å². The van der Waals surface area contributed by atoms with Crippen LogP contribution in [-0.4, -0.2) is 121 Å². The van der Waals surface area contributed by atoms with Gasteiger partial charge in [-0.25, -0.2) is 4.98 Å². The molecule has 0 bridgehead atoms. The fourth-order valence-corrected chi connectivity index (χ4v) is 11.2. The Balaban J connectivity index is 0.713. The number of hydrogen-bond donors (Lipinski definition) is 3. The van der Waals surface area contributed by atoms with Crippen molar-refractivity contribution in [3.63, 3.8) is 0 Å². The number of imide groups is 1. The first-order valence-corrected chi connectivity index (χ1v) is 27.2. The molecule has 4 aliphatic rings. The Labute approximate surface area is 411 Å². The molecule has 0 spiro atoms. The molecule has 1 unspecified atom stereocenters. The summed E-state index contributed by atoms with van der Waals surface area (Å²) in [6.07, 6.45) is 17.9. The van der Waals surface area contributed by atoms with E-state index in [4.69, 9.17) is 22.8 Å². The van der Waals surface area contributed by atoms with Gasteiger partial charge in [-0.2, -0.15) is 4.98 Å². The molecule has 0 radical (unpaired) electrons. The Kier molecular flexibility index (Phi) is 16.3. The Morgan fingerprint density at radius 1 is 0.899 bits per heavy atom. The molecule has 4 aliphatic heterocycles. The molecule has 1 aromatic heterocycles. The number of piperazine rings is 1. The van der Waals surface area contributed by atoms with Crippen molar-refractivity contribution in [3.8, 4) is 29.9 Å². The SMILES string of the molecule is C#Cc1cc(C#CCCCCCCCCN2CCN(C3CCN(c4ccc(Nc5ncc(Cl)c(Nc6ccccc6P(C)(C)=O)n5)c(OC)c4)CC3)CC2)c2c(c1)C(=O)N(C1CCC(=O)NC1=O)C2. The van der Waals surface area contributed by atoms with Crippen LogP contribution in [0.2, 0.25) is 5.02 Å². The summed E-state index contributed by atoms with van der Waals surface area (Å²) < 4.78 is 18.8. The number of benzene rings is 3. The molecule has 4 aromatic rings. The van der Waals surface area contributed by atoms with Gasteiger partial charge in [-0.15, -0.1) is 6.42 Å². The van der Waals surface area contributed by atoms with Gasteiger partial charge < -0.3 is 34.6 Å². The molecule has 16 heteroatoms. The summed E-state index contributed by atoms with van der Waals surface area (Å²) in [6.45, 7) is 11.4. The molecule has 362 valence electrons. The molecular weight excluding hydrogens is 909 g/mol. The number of unbranched alkanes of at least 4 members (excludes halogenated alkanes) is 6. The zero-order valence-electron chi connectivity index (χ0n) is 40.0. The maximum absolute atomic E-state index is 13.3. The summed E-state index contributed by atoms with van der Waals surface area (Å²) in [5.74, 6) is 9.71. The summed E-state index contributed by atoms with van der Waals surface area (Å²) in [5.41, 5.74) is 5.20. The van der Waals surface area contributed by atoms with E-state index < -0.39 is 19.1 Å². The van der Waals surface area contributed by atoms with Crippen molar-refractivity contribution in [1.29, 1.82) is 0 Å². The molecule has 5 heterocycles. The van der Waals surface area contributed by atoms with Crippen LogP contribution in [-0.2, 0) is 20.7 Å². The number of nitrogens with zero attached hydrogens (tertiary/aromatic N) is 6. The Hall–Kier alpha value is -5.89. The predicted molar refractivity (Wildman–Crippen MR) is 275 cm³/mol. The Morgan fingerprint density at radius 2 is 1.65 bits per heavy atom. The van der Waals surface area contributed by atoms with Gasteiger partial charge in [0.25, 0.3) is 5.91 Å². The molecule has 8 rings (SSSR count). The number of carbonyl (C=O) groups is 3. The molecular formula is C53H63ClN9O5P. The number of aromatic nitrogens is 2.